The Balaban J connectivity index is 2.50. The van der Waals surface area contributed by atoms with Crippen molar-refractivity contribution < 1.29 is 0 Å². The number of nitrogens with two attached hydrogens (primary N) is 1. The molecular weight excluding hydrogens is 268 g/mol. The van der Waals surface area contributed by atoms with Crippen LogP contribution in [-0.4, -0.2) is 11.5 Å². The number of halogens is 1. The Morgan fingerprint density at radius 1 is 1.31 bits per heavy atom. The first kappa shape index (κ1) is 11.4. The summed E-state index contributed by atoms with van der Waals surface area (Å²) in [6.45, 7) is 0.609. The monoisotopic (exact) mass is 280 g/mol. The van der Waals surface area contributed by atoms with Crippen LogP contribution in [0.3, 0.4) is 0 Å². The van der Waals surface area contributed by atoms with Crippen LogP contribution in [0.5, 0.6) is 0 Å². The Morgan fingerprint density at radius 3 is 2.88 bits per heavy atom. The van der Waals surface area contributed by atoms with E-state index in [1.807, 2.05) is 24.3 Å². The first-order chi connectivity index (χ1) is 7.70. The van der Waals surface area contributed by atoms with Gasteiger partial charge >= 0.3 is 0 Å². The summed E-state index contributed by atoms with van der Waals surface area (Å²) in [5, 5.41) is 1.05. The molecular formula is C12H13BrN2O. The van der Waals surface area contributed by atoms with E-state index in [0.717, 1.165) is 33.8 Å². The molecule has 0 atom stereocenters. The minimum Gasteiger partial charge on any atom is -0.330 e. The summed E-state index contributed by atoms with van der Waals surface area (Å²) in [5.74, 6) is 0. The van der Waals surface area contributed by atoms with E-state index in [1.165, 1.54) is 0 Å². The second kappa shape index (κ2) is 4.80. The fourth-order valence-corrected chi connectivity index (χ4v) is 2.06. The lowest BCUT2D eigenvalue weighted by Gasteiger charge is -2.03. The van der Waals surface area contributed by atoms with Crippen LogP contribution >= 0.6 is 15.9 Å². The van der Waals surface area contributed by atoms with Crippen molar-refractivity contribution >= 4 is 26.8 Å². The Hall–Kier alpha value is -1.13. The van der Waals surface area contributed by atoms with E-state index in [1.54, 1.807) is 0 Å². The van der Waals surface area contributed by atoms with Crippen molar-refractivity contribution in [2.75, 3.05) is 6.54 Å². The molecule has 4 heteroatoms. The number of hydrogen-bond acceptors (Lipinski definition) is 2. The molecule has 0 saturated heterocycles. The Morgan fingerprint density at radius 2 is 2.12 bits per heavy atom. The van der Waals surface area contributed by atoms with Gasteiger partial charge in [-0.2, -0.15) is 0 Å². The van der Waals surface area contributed by atoms with Gasteiger partial charge in [-0.1, -0.05) is 22.0 Å². The lowest BCUT2D eigenvalue weighted by Crippen LogP contribution is -2.13. The molecule has 1 aromatic carbocycles. The number of fused-ring (bicyclic) bond motifs is 1. The number of aromatic amines is 1. The van der Waals surface area contributed by atoms with Gasteiger partial charge in [0.1, 0.15) is 0 Å². The number of pyridine rings is 1. The first-order valence-electron chi connectivity index (χ1n) is 5.22. The number of aryl methyl sites for hydroxylation is 1. The SMILES string of the molecule is NCCCc1cc2ccc(Br)cc2[nH]c1=O. The molecule has 2 rings (SSSR count). The number of nitrogens with one attached hydrogen (secondary N) is 1. The van der Waals surface area contributed by atoms with Gasteiger partial charge in [-0.25, -0.2) is 0 Å². The van der Waals surface area contributed by atoms with Gasteiger partial charge in [-0.15, -0.1) is 0 Å². The summed E-state index contributed by atoms with van der Waals surface area (Å²) in [6, 6.07) is 7.80. The summed E-state index contributed by atoms with van der Waals surface area (Å²) >= 11 is 3.38. The van der Waals surface area contributed by atoms with Crippen LogP contribution in [0.15, 0.2) is 33.5 Å². The highest BCUT2D eigenvalue weighted by Crippen LogP contribution is 2.17. The Kier molecular flexibility index (Phi) is 3.41. The quantitative estimate of drug-likeness (QED) is 0.906. The predicted octanol–water partition coefficient (Wildman–Crippen LogP) is 2.18. The van der Waals surface area contributed by atoms with E-state index in [9.17, 15) is 4.79 Å². The topological polar surface area (TPSA) is 58.9 Å². The maximum atomic E-state index is 11.7. The summed E-state index contributed by atoms with van der Waals surface area (Å²) in [5.41, 5.74) is 7.09. The molecule has 0 aliphatic heterocycles. The number of H-pyrrole nitrogens is 1. The third-order valence-corrected chi connectivity index (χ3v) is 3.03. The van der Waals surface area contributed by atoms with E-state index in [2.05, 4.69) is 20.9 Å². The molecule has 0 amide bonds. The summed E-state index contributed by atoms with van der Waals surface area (Å²) in [7, 11) is 0. The second-order valence-electron chi connectivity index (χ2n) is 3.75. The molecule has 2 aromatic rings. The lowest BCUT2D eigenvalue weighted by molar-refractivity contribution is 0.824. The highest BCUT2D eigenvalue weighted by atomic mass is 79.9. The highest BCUT2D eigenvalue weighted by Gasteiger charge is 2.02. The summed E-state index contributed by atoms with van der Waals surface area (Å²) in [4.78, 5) is 14.6. The number of benzene rings is 1. The van der Waals surface area contributed by atoms with Gasteiger partial charge < -0.3 is 10.7 Å². The third kappa shape index (κ3) is 2.33. The van der Waals surface area contributed by atoms with Crippen LogP contribution in [-0.2, 0) is 6.42 Å². The fraction of sp³-hybridized carbons (Fsp3) is 0.250. The Bertz CT molecular complexity index is 562. The molecule has 0 saturated carbocycles. The minimum atomic E-state index is -0.0148. The molecule has 16 heavy (non-hydrogen) atoms. The molecule has 0 aliphatic carbocycles. The summed E-state index contributed by atoms with van der Waals surface area (Å²) in [6.07, 6.45) is 1.57. The van der Waals surface area contributed by atoms with Crippen molar-refractivity contribution in [1.29, 1.82) is 0 Å². The maximum Gasteiger partial charge on any atom is 0.251 e. The average Bonchev–Trinajstić information content (AvgIpc) is 2.26. The molecule has 1 aromatic heterocycles. The predicted molar refractivity (Wildman–Crippen MR) is 69.6 cm³/mol. The normalized spacial score (nSPS) is 10.9. The maximum absolute atomic E-state index is 11.7. The van der Waals surface area contributed by atoms with E-state index < -0.39 is 0 Å². The second-order valence-corrected chi connectivity index (χ2v) is 4.66. The van der Waals surface area contributed by atoms with Gasteiger partial charge in [0, 0.05) is 15.6 Å². The highest BCUT2D eigenvalue weighted by molar-refractivity contribution is 9.10. The molecule has 84 valence electrons. The van der Waals surface area contributed by atoms with Gasteiger partial charge in [0.25, 0.3) is 5.56 Å². The largest absolute Gasteiger partial charge is 0.330 e. The summed E-state index contributed by atoms with van der Waals surface area (Å²) < 4.78 is 0.963. The first-order valence-corrected chi connectivity index (χ1v) is 6.01. The number of aromatic nitrogens is 1. The van der Waals surface area contributed by atoms with Crippen molar-refractivity contribution in [2.45, 2.75) is 12.8 Å². The van der Waals surface area contributed by atoms with E-state index in [0.29, 0.717) is 6.54 Å². The third-order valence-electron chi connectivity index (χ3n) is 2.54. The minimum absolute atomic E-state index is 0.0148. The van der Waals surface area contributed by atoms with Gasteiger partial charge in [0.2, 0.25) is 0 Å². The van der Waals surface area contributed by atoms with Crippen molar-refractivity contribution in [3.63, 3.8) is 0 Å². The smallest absolute Gasteiger partial charge is 0.251 e. The van der Waals surface area contributed by atoms with E-state index in [4.69, 9.17) is 5.73 Å². The van der Waals surface area contributed by atoms with Gasteiger partial charge in [-0.3, -0.25) is 4.79 Å². The molecule has 1 heterocycles. The van der Waals surface area contributed by atoms with Crippen LogP contribution in [0.4, 0.5) is 0 Å². The zero-order chi connectivity index (χ0) is 11.5. The molecule has 0 fully saturated rings. The average molecular weight is 281 g/mol. The van der Waals surface area contributed by atoms with Crippen LogP contribution in [0.25, 0.3) is 10.9 Å². The molecule has 0 unspecified atom stereocenters. The zero-order valence-electron chi connectivity index (χ0n) is 8.79. The molecule has 0 radical (unpaired) electrons. The molecule has 0 aliphatic rings. The van der Waals surface area contributed by atoms with Crippen molar-refractivity contribution in [1.82, 2.24) is 4.98 Å². The lowest BCUT2D eigenvalue weighted by atomic mass is 10.1. The molecule has 0 spiro atoms. The number of hydrogen-bond donors (Lipinski definition) is 2. The van der Waals surface area contributed by atoms with Crippen molar-refractivity contribution in [3.05, 3.63) is 44.7 Å². The van der Waals surface area contributed by atoms with Gasteiger partial charge in [-0.05, 0) is 43.0 Å². The molecule has 0 bridgehead atoms. The fourth-order valence-electron chi connectivity index (χ4n) is 1.70. The van der Waals surface area contributed by atoms with Gasteiger partial charge in [0.15, 0.2) is 0 Å². The van der Waals surface area contributed by atoms with Crippen LogP contribution in [0, 0.1) is 0 Å². The van der Waals surface area contributed by atoms with Crippen molar-refractivity contribution in [2.24, 2.45) is 5.73 Å². The molecule has 3 nitrogen and oxygen atoms in total. The van der Waals surface area contributed by atoms with Crippen LogP contribution in [0.2, 0.25) is 0 Å². The molecule has 3 N–H and O–H groups in total. The standard InChI is InChI=1S/C12H13BrN2O/c13-10-4-3-8-6-9(2-1-5-14)12(16)15-11(8)7-10/h3-4,6-7H,1-2,5,14H2,(H,15,16). The zero-order valence-corrected chi connectivity index (χ0v) is 10.4. The Labute approximate surface area is 102 Å². The number of rotatable bonds is 3. The van der Waals surface area contributed by atoms with E-state index in [-0.39, 0.29) is 5.56 Å². The van der Waals surface area contributed by atoms with Gasteiger partial charge in [0.05, 0.1) is 0 Å². The van der Waals surface area contributed by atoms with Crippen LogP contribution in [0.1, 0.15) is 12.0 Å². The van der Waals surface area contributed by atoms with Crippen LogP contribution < -0.4 is 11.3 Å². The van der Waals surface area contributed by atoms with E-state index >= 15 is 0 Å². The van der Waals surface area contributed by atoms with Crippen molar-refractivity contribution in [3.8, 4) is 0 Å².